The summed E-state index contributed by atoms with van der Waals surface area (Å²) in [5.41, 5.74) is 8.21. The van der Waals surface area contributed by atoms with Crippen LogP contribution in [0.15, 0.2) is 18.5 Å². The van der Waals surface area contributed by atoms with E-state index in [0.29, 0.717) is 36.0 Å². The number of rotatable bonds is 6. The van der Waals surface area contributed by atoms with Crippen molar-refractivity contribution in [1.29, 1.82) is 0 Å². The summed E-state index contributed by atoms with van der Waals surface area (Å²) in [5, 5.41) is 10.1. The van der Waals surface area contributed by atoms with Gasteiger partial charge in [-0.2, -0.15) is 5.10 Å². The highest BCUT2D eigenvalue weighted by Gasteiger charge is 2.27. The fourth-order valence-electron chi connectivity index (χ4n) is 2.98. The van der Waals surface area contributed by atoms with E-state index < -0.39 is 11.9 Å². The topological polar surface area (TPSA) is 115 Å². The van der Waals surface area contributed by atoms with Gasteiger partial charge in [0.1, 0.15) is 11.9 Å². The second kappa shape index (κ2) is 6.54. The van der Waals surface area contributed by atoms with Crippen LogP contribution >= 0.6 is 0 Å². The molecule has 0 aliphatic carbocycles. The van der Waals surface area contributed by atoms with E-state index in [2.05, 4.69) is 20.7 Å². The van der Waals surface area contributed by atoms with Crippen LogP contribution in [-0.4, -0.2) is 32.6 Å². The number of carbonyl (C=O) groups excluding carboxylic acids is 2. The number of aryl methyl sites for hydroxylation is 1. The van der Waals surface area contributed by atoms with E-state index in [4.69, 9.17) is 5.73 Å². The van der Waals surface area contributed by atoms with Crippen molar-refractivity contribution in [2.24, 2.45) is 18.7 Å². The molecule has 2 amide bonds. The monoisotopic (exact) mass is 342 g/mol. The van der Waals surface area contributed by atoms with Crippen molar-refractivity contribution in [1.82, 2.24) is 20.1 Å². The number of nitrogens with two attached hydrogens (primary N) is 1. The fourth-order valence-corrected chi connectivity index (χ4v) is 2.98. The summed E-state index contributed by atoms with van der Waals surface area (Å²) in [6, 6.07) is 1.28. The van der Waals surface area contributed by atoms with Gasteiger partial charge in [0.2, 0.25) is 5.91 Å². The Hall–Kier alpha value is -2.90. The molecule has 8 nitrogen and oxygen atoms in total. The van der Waals surface area contributed by atoms with E-state index in [1.165, 1.54) is 0 Å². The minimum absolute atomic E-state index is 0.151. The Morgan fingerprint density at radius 2 is 2.24 bits per heavy atom. The fraction of sp³-hybridized carbons (Fsp3) is 0.412. The zero-order valence-corrected chi connectivity index (χ0v) is 14.5. The molecule has 0 bridgehead atoms. The van der Waals surface area contributed by atoms with Gasteiger partial charge in [-0.15, -0.1) is 0 Å². The molecule has 132 valence electrons. The Balaban J connectivity index is 2.01. The van der Waals surface area contributed by atoms with Gasteiger partial charge in [-0.25, -0.2) is 4.98 Å². The molecule has 8 heteroatoms. The highest BCUT2D eigenvalue weighted by molar-refractivity contribution is 6.04. The number of amides is 2. The number of hydrogen-bond donors (Lipinski definition) is 3. The van der Waals surface area contributed by atoms with Crippen LogP contribution in [0.2, 0.25) is 0 Å². The molecule has 3 heterocycles. The molecule has 1 aliphatic heterocycles. The lowest BCUT2D eigenvalue weighted by Crippen LogP contribution is -2.36. The maximum atomic E-state index is 12.2. The van der Waals surface area contributed by atoms with E-state index in [-0.39, 0.29) is 5.91 Å². The maximum absolute atomic E-state index is 12.2. The normalized spacial score (nSPS) is 14.3. The van der Waals surface area contributed by atoms with Crippen LogP contribution in [0.1, 0.15) is 36.2 Å². The molecule has 2 aromatic rings. The Morgan fingerprint density at radius 3 is 2.84 bits per heavy atom. The van der Waals surface area contributed by atoms with Crippen LogP contribution in [-0.2, 0) is 18.4 Å². The molecule has 1 aliphatic rings. The molecule has 0 fully saturated rings. The van der Waals surface area contributed by atoms with Gasteiger partial charge in [0, 0.05) is 25.4 Å². The minimum atomic E-state index is -0.516. The first kappa shape index (κ1) is 16.9. The number of primary amides is 1. The van der Waals surface area contributed by atoms with Gasteiger partial charge in [-0.3, -0.25) is 14.3 Å². The summed E-state index contributed by atoms with van der Waals surface area (Å²) >= 11 is 0. The molecule has 0 aromatic carbocycles. The van der Waals surface area contributed by atoms with E-state index in [9.17, 15) is 9.59 Å². The predicted molar refractivity (Wildman–Crippen MR) is 93.7 cm³/mol. The number of carbonyl (C=O) groups is 2. The van der Waals surface area contributed by atoms with E-state index >= 15 is 0 Å². The molecule has 4 N–H and O–H groups in total. The Bertz CT molecular complexity index is 827. The van der Waals surface area contributed by atoms with E-state index in [0.717, 1.165) is 11.1 Å². The smallest absolute Gasteiger partial charge is 0.254 e. The van der Waals surface area contributed by atoms with Gasteiger partial charge in [-0.1, -0.05) is 13.8 Å². The molecule has 0 unspecified atom stereocenters. The molecule has 3 rings (SSSR count). The summed E-state index contributed by atoms with van der Waals surface area (Å²) in [6.07, 6.45) is 4.07. The Morgan fingerprint density at radius 1 is 1.48 bits per heavy atom. The zero-order chi connectivity index (χ0) is 18.1. The first-order valence-corrected chi connectivity index (χ1v) is 8.22. The molecular formula is C17H22N6O2. The second-order valence-corrected chi connectivity index (χ2v) is 6.70. The van der Waals surface area contributed by atoms with Gasteiger partial charge < -0.3 is 16.4 Å². The van der Waals surface area contributed by atoms with Crippen LogP contribution in [0.25, 0.3) is 11.3 Å². The SMILES string of the molecule is CC(C)C[C@@H](Nc1cc2c(c(-c3cnn(C)c3)n1)C(=O)NC2)C(N)=O. The highest BCUT2D eigenvalue weighted by atomic mass is 16.2. The third-order valence-corrected chi connectivity index (χ3v) is 4.12. The van der Waals surface area contributed by atoms with Crippen molar-refractivity contribution in [3.8, 4) is 11.3 Å². The average Bonchev–Trinajstić information content (AvgIpc) is 3.12. The lowest BCUT2D eigenvalue weighted by atomic mass is 10.0. The number of nitrogens with one attached hydrogen (secondary N) is 2. The van der Waals surface area contributed by atoms with E-state index in [1.54, 1.807) is 30.2 Å². The molecular weight excluding hydrogens is 320 g/mol. The summed E-state index contributed by atoms with van der Waals surface area (Å²) < 4.78 is 1.65. The van der Waals surface area contributed by atoms with Crippen LogP contribution in [0.4, 0.5) is 5.82 Å². The highest BCUT2D eigenvalue weighted by Crippen LogP contribution is 2.30. The van der Waals surface area contributed by atoms with Crippen molar-refractivity contribution in [2.45, 2.75) is 32.9 Å². The molecule has 0 radical (unpaired) electrons. The van der Waals surface area contributed by atoms with Crippen molar-refractivity contribution in [2.75, 3.05) is 5.32 Å². The van der Waals surface area contributed by atoms with Crippen LogP contribution in [0.3, 0.4) is 0 Å². The number of nitrogens with zero attached hydrogens (tertiary/aromatic N) is 3. The van der Waals surface area contributed by atoms with Crippen LogP contribution < -0.4 is 16.4 Å². The van der Waals surface area contributed by atoms with Gasteiger partial charge >= 0.3 is 0 Å². The maximum Gasteiger partial charge on any atom is 0.254 e. The largest absolute Gasteiger partial charge is 0.368 e. The number of pyridine rings is 1. The molecule has 2 aromatic heterocycles. The molecule has 0 spiro atoms. The third-order valence-electron chi connectivity index (χ3n) is 4.12. The minimum Gasteiger partial charge on any atom is -0.368 e. The van der Waals surface area contributed by atoms with Crippen molar-refractivity contribution >= 4 is 17.6 Å². The van der Waals surface area contributed by atoms with E-state index in [1.807, 2.05) is 13.8 Å². The zero-order valence-electron chi connectivity index (χ0n) is 14.5. The molecule has 1 atom stereocenters. The van der Waals surface area contributed by atoms with Gasteiger partial charge in [0.25, 0.3) is 5.91 Å². The first-order chi connectivity index (χ1) is 11.8. The molecule has 25 heavy (non-hydrogen) atoms. The van der Waals surface area contributed by atoms with Crippen molar-refractivity contribution < 1.29 is 9.59 Å². The predicted octanol–water partition coefficient (Wildman–Crippen LogP) is 1.04. The number of anilines is 1. The van der Waals surface area contributed by atoms with Crippen molar-refractivity contribution in [3.63, 3.8) is 0 Å². The first-order valence-electron chi connectivity index (χ1n) is 8.22. The summed E-state index contributed by atoms with van der Waals surface area (Å²) in [4.78, 5) is 28.5. The average molecular weight is 342 g/mol. The van der Waals surface area contributed by atoms with Gasteiger partial charge in [0.15, 0.2) is 0 Å². The van der Waals surface area contributed by atoms with Gasteiger partial charge in [0.05, 0.1) is 17.5 Å². The van der Waals surface area contributed by atoms with Crippen molar-refractivity contribution in [3.05, 3.63) is 29.6 Å². The third kappa shape index (κ3) is 3.47. The lowest BCUT2D eigenvalue weighted by molar-refractivity contribution is -0.119. The molecule has 0 saturated carbocycles. The Labute approximate surface area is 145 Å². The Kier molecular flexibility index (Phi) is 4.43. The number of fused-ring (bicyclic) bond motifs is 1. The van der Waals surface area contributed by atoms with Gasteiger partial charge in [-0.05, 0) is 24.0 Å². The summed E-state index contributed by atoms with van der Waals surface area (Å²) in [6.45, 7) is 4.48. The standard InChI is InChI=1S/C17H22N6O2/c1-9(2)4-12(16(18)24)21-13-5-10-6-19-17(25)14(10)15(22-13)11-7-20-23(3)8-11/h5,7-9,12H,4,6H2,1-3H3,(H2,18,24)(H,19,25)(H,21,22)/t12-/m1/s1. The number of hydrogen-bond acceptors (Lipinski definition) is 5. The molecule has 0 saturated heterocycles. The summed E-state index contributed by atoms with van der Waals surface area (Å²) in [7, 11) is 1.80. The quantitative estimate of drug-likeness (QED) is 0.725. The second-order valence-electron chi connectivity index (χ2n) is 6.70. The van der Waals surface area contributed by atoms with Crippen LogP contribution in [0, 0.1) is 5.92 Å². The van der Waals surface area contributed by atoms with Crippen LogP contribution in [0.5, 0.6) is 0 Å². The number of aromatic nitrogens is 3. The lowest BCUT2D eigenvalue weighted by Gasteiger charge is -2.19. The summed E-state index contributed by atoms with van der Waals surface area (Å²) in [5.74, 6) is 0.258.